The molecule has 0 atom stereocenters. The molecule has 23 heavy (non-hydrogen) atoms. The summed E-state index contributed by atoms with van der Waals surface area (Å²) in [6, 6.07) is 8.38. The molecule has 0 aliphatic carbocycles. The Hall–Kier alpha value is -1.11. The van der Waals surface area contributed by atoms with Crippen LogP contribution < -0.4 is 5.32 Å². The van der Waals surface area contributed by atoms with Gasteiger partial charge in [-0.05, 0) is 37.7 Å². The number of likely N-dealkylation sites (N-methyl/N-ethyl adjacent to an activating group) is 1. The van der Waals surface area contributed by atoms with E-state index in [1.54, 1.807) is 7.11 Å². The van der Waals surface area contributed by atoms with E-state index in [1.807, 2.05) is 7.05 Å². The molecule has 0 saturated carbocycles. The monoisotopic (exact) mass is 384 g/mol. The zero-order valence-electron chi connectivity index (χ0n) is 14.7. The van der Waals surface area contributed by atoms with Gasteiger partial charge in [0.15, 0.2) is 5.96 Å². The van der Waals surface area contributed by atoms with Crippen molar-refractivity contribution in [2.24, 2.45) is 4.99 Å². The first-order valence-electron chi connectivity index (χ1n) is 7.90. The molecular formula is C17H29BrN4O. The zero-order valence-corrected chi connectivity index (χ0v) is 16.3. The minimum Gasteiger partial charge on any atom is -0.383 e. The molecule has 0 heterocycles. The number of guanidine groups is 1. The number of rotatable bonds is 9. The molecule has 0 amide bonds. The molecule has 0 unspecified atom stereocenters. The normalized spacial score (nSPS) is 11.8. The van der Waals surface area contributed by atoms with E-state index >= 15 is 0 Å². The number of hydrogen-bond acceptors (Lipinski definition) is 3. The second-order valence-corrected chi connectivity index (χ2v) is 6.52. The van der Waals surface area contributed by atoms with Crippen molar-refractivity contribution in [2.75, 3.05) is 54.5 Å². The van der Waals surface area contributed by atoms with Crippen LogP contribution in [0.4, 0.5) is 0 Å². The van der Waals surface area contributed by atoms with Crippen LogP contribution in [0.2, 0.25) is 0 Å². The summed E-state index contributed by atoms with van der Waals surface area (Å²) in [5.41, 5.74) is 1.26. The molecule has 6 heteroatoms. The maximum absolute atomic E-state index is 5.08. The number of ether oxygens (including phenoxy) is 1. The van der Waals surface area contributed by atoms with Gasteiger partial charge in [-0.1, -0.05) is 28.1 Å². The predicted molar refractivity (Wildman–Crippen MR) is 101 cm³/mol. The lowest BCUT2D eigenvalue weighted by Crippen LogP contribution is -2.39. The van der Waals surface area contributed by atoms with E-state index in [0.717, 1.165) is 49.6 Å². The lowest BCUT2D eigenvalue weighted by Gasteiger charge is -2.23. The highest BCUT2D eigenvalue weighted by Crippen LogP contribution is 2.11. The first-order valence-corrected chi connectivity index (χ1v) is 8.69. The molecule has 0 saturated heterocycles. The number of hydrogen-bond donors (Lipinski definition) is 1. The first-order chi connectivity index (χ1) is 11.1. The number of methoxy groups -OCH3 is 1. The molecule has 0 aliphatic heterocycles. The summed E-state index contributed by atoms with van der Waals surface area (Å²) in [6.45, 7) is 4.54. The lowest BCUT2D eigenvalue weighted by atomic mass is 10.2. The SMILES string of the molecule is CN=C(NCCCN(C)CCOC)N(C)Cc1ccc(Br)cc1. The molecule has 130 valence electrons. The van der Waals surface area contributed by atoms with Gasteiger partial charge < -0.3 is 19.9 Å². The summed E-state index contributed by atoms with van der Waals surface area (Å²) in [7, 11) is 7.74. The number of nitrogens with one attached hydrogen (secondary N) is 1. The van der Waals surface area contributed by atoms with Gasteiger partial charge in [0, 0.05) is 45.3 Å². The molecule has 1 aromatic carbocycles. The van der Waals surface area contributed by atoms with Gasteiger partial charge in [0.05, 0.1) is 6.61 Å². The van der Waals surface area contributed by atoms with Crippen molar-refractivity contribution in [3.8, 4) is 0 Å². The summed E-state index contributed by atoms with van der Waals surface area (Å²) in [5.74, 6) is 0.924. The average Bonchev–Trinajstić information content (AvgIpc) is 2.55. The van der Waals surface area contributed by atoms with Crippen LogP contribution in [-0.2, 0) is 11.3 Å². The van der Waals surface area contributed by atoms with Crippen LogP contribution in [0.25, 0.3) is 0 Å². The van der Waals surface area contributed by atoms with Crippen LogP contribution in [0.3, 0.4) is 0 Å². The quantitative estimate of drug-likeness (QED) is 0.403. The second-order valence-electron chi connectivity index (χ2n) is 5.61. The lowest BCUT2D eigenvalue weighted by molar-refractivity contribution is 0.161. The predicted octanol–water partition coefficient (Wildman–Crippen LogP) is 2.42. The number of halogens is 1. The van der Waals surface area contributed by atoms with Gasteiger partial charge in [0.25, 0.3) is 0 Å². The van der Waals surface area contributed by atoms with E-state index in [-0.39, 0.29) is 0 Å². The Labute approximate surface area is 148 Å². The topological polar surface area (TPSA) is 40.1 Å². The van der Waals surface area contributed by atoms with E-state index < -0.39 is 0 Å². The molecule has 5 nitrogen and oxygen atoms in total. The van der Waals surface area contributed by atoms with Crippen molar-refractivity contribution in [3.05, 3.63) is 34.3 Å². The zero-order chi connectivity index (χ0) is 17.1. The average molecular weight is 385 g/mol. The van der Waals surface area contributed by atoms with Crippen molar-refractivity contribution in [2.45, 2.75) is 13.0 Å². The van der Waals surface area contributed by atoms with Crippen LogP contribution in [0, 0.1) is 0 Å². The standard InChI is InChI=1S/C17H29BrN4O/c1-19-17(20-10-5-11-21(2)12-13-23-4)22(3)14-15-6-8-16(18)9-7-15/h6-9H,5,10-14H2,1-4H3,(H,19,20). The summed E-state index contributed by atoms with van der Waals surface area (Å²) in [4.78, 5) is 8.77. The van der Waals surface area contributed by atoms with Gasteiger partial charge in [-0.2, -0.15) is 0 Å². The van der Waals surface area contributed by atoms with Crippen LogP contribution in [-0.4, -0.2) is 70.3 Å². The Kier molecular flexibility index (Phi) is 9.91. The summed E-state index contributed by atoms with van der Waals surface area (Å²) < 4.78 is 6.18. The summed E-state index contributed by atoms with van der Waals surface area (Å²) in [6.07, 6.45) is 1.07. The van der Waals surface area contributed by atoms with Crippen LogP contribution in [0.15, 0.2) is 33.7 Å². The number of aliphatic imine (C=N–C) groups is 1. The Morgan fingerprint density at radius 1 is 1.22 bits per heavy atom. The van der Waals surface area contributed by atoms with Gasteiger partial charge in [0.1, 0.15) is 0 Å². The maximum Gasteiger partial charge on any atom is 0.193 e. The highest BCUT2D eigenvalue weighted by Gasteiger charge is 2.06. The van der Waals surface area contributed by atoms with Gasteiger partial charge in [-0.3, -0.25) is 4.99 Å². The molecule has 1 N–H and O–H groups in total. The van der Waals surface area contributed by atoms with E-state index in [4.69, 9.17) is 4.74 Å². The third-order valence-electron chi connectivity index (χ3n) is 3.58. The fourth-order valence-corrected chi connectivity index (χ4v) is 2.50. The molecule has 1 rings (SSSR count). The van der Waals surface area contributed by atoms with Crippen LogP contribution >= 0.6 is 15.9 Å². The van der Waals surface area contributed by atoms with Crippen molar-refractivity contribution in [3.63, 3.8) is 0 Å². The number of nitrogens with zero attached hydrogens (tertiary/aromatic N) is 3. The minimum absolute atomic E-state index is 0.779. The third-order valence-corrected chi connectivity index (χ3v) is 4.11. The number of benzene rings is 1. The minimum atomic E-state index is 0.779. The van der Waals surface area contributed by atoms with E-state index in [2.05, 4.69) is 74.4 Å². The highest BCUT2D eigenvalue weighted by atomic mass is 79.9. The fourth-order valence-electron chi connectivity index (χ4n) is 2.23. The highest BCUT2D eigenvalue weighted by molar-refractivity contribution is 9.10. The summed E-state index contributed by atoms with van der Waals surface area (Å²) in [5, 5.41) is 3.42. The smallest absolute Gasteiger partial charge is 0.193 e. The Morgan fingerprint density at radius 3 is 2.52 bits per heavy atom. The van der Waals surface area contributed by atoms with Gasteiger partial charge in [-0.25, -0.2) is 0 Å². The van der Waals surface area contributed by atoms with E-state index in [9.17, 15) is 0 Å². The third kappa shape index (κ3) is 8.34. The molecule has 0 bridgehead atoms. The van der Waals surface area contributed by atoms with Crippen LogP contribution in [0.5, 0.6) is 0 Å². The molecule has 0 radical (unpaired) electrons. The second kappa shape index (κ2) is 11.4. The van der Waals surface area contributed by atoms with Crippen molar-refractivity contribution in [1.29, 1.82) is 0 Å². The van der Waals surface area contributed by atoms with E-state index in [0.29, 0.717) is 0 Å². The molecule has 1 aromatic rings. The summed E-state index contributed by atoms with van der Waals surface area (Å²) >= 11 is 3.46. The van der Waals surface area contributed by atoms with Gasteiger partial charge in [0.2, 0.25) is 0 Å². The largest absolute Gasteiger partial charge is 0.383 e. The molecular weight excluding hydrogens is 356 g/mol. The van der Waals surface area contributed by atoms with Crippen molar-refractivity contribution in [1.82, 2.24) is 15.1 Å². The maximum atomic E-state index is 5.08. The van der Waals surface area contributed by atoms with Crippen molar-refractivity contribution < 1.29 is 4.74 Å². The molecule has 0 aliphatic rings. The Balaban J connectivity index is 2.31. The Morgan fingerprint density at radius 2 is 1.91 bits per heavy atom. The van der Waals surface area contributed by atoms with Crippen molar-refractivity contribution >= 4 is 21.9 Å². The van der Waals surface area contributed by atoms with Gasteiger partial charge >= 0.3 is 0 Å². The molecule has 0 spiro atoms. The Bertz CT molecular complexity index is 464. The van der Waals surface area contributed by atoms with Gasteiger partial charge in [-0.15, -0.1) is 0 Å². The molecule has 0 aromatic heterocycles. The molecule has 0 fully saturated rings. The first kappa shape index (κ1) is 19.9. The van der Waals surface area contributed by atoms with E-state index in [1.165, 1.54) is 5.56 Å². The van der Waals surface area contributed by atoms with Crippen LogP contribution in [0.1, 0.15) is 12.0 Å². The fraction of sp³-hybridized carbons (Fsp3) is 0.588.